The molecule has 0 fully saturated rings. The van der Waals surface area contributed by atoms with Gasteiger partial charge in [0.1, 0.15) is 22.5 Å². The standard InChI is InChI=1S/C14H8F7N3OS/c1-6-3-8(13(16,17)18)4-9(15)11(6)24-7(2)12(10(5-22)23-24)26(25)14(19,20)21/h3-4H,1-2H3. The molecular formula is C14H8F7N3OS. The zero-order valence-electron chi connectivity index (χ0n) is 13.0. The van der Waals surface area contributed by atoms with Gasteiger partial charge in [0.25, 0.3) is 0 Å². The summed E-state index contributed by atoms with van der Waals surface area (Å²) in [6.07, 6.45) is -4.83. The fourth-order valence-corrected chi connectivity index (χ4v) is 3.13. The molecule has 1 aromatic heterocycles. The molecule has 0 amide bonds. The van der Waals surface area contributed by atoms with E-state index in [4.69, 9.17) is 5.26 Å². The molecule has 26 heavy (non-hydrogen) atoms. The van der Waals surface area contributed by atoms with Gasteiger partial charge in [0.15, 0.2) is 16.5 Å². The molecular weight excluding hydrogens is 391 g/mol. The molecule has 0 radical (unpaired) electrons. The Hall–Kier alpha value is -2.42. The summed E-state index contributed by atoms with van der Waals surface area (Å²) in [4.78, 5) is -0.973. The number of rotatable bonds is 2. The van der Waals surface area contributed by atoms with Gasteiger partial charge in [-0.2, -0.15) is 36.7 Å². The summed E-state index contributed by atoms with van der Waals surface area (Å²) in [5.41, 5.74) is -8.68. The molecule has 2 rings (SSSR count). The van der Waals surface area contributed by atoms with E-state index in [9.17, 15) is 34.9 Å². The number of hydrogen-bond acceptors (Lipinski definition) is 3. The number of alkyl halides is 6. The van der Waals surface area contributed by atoms with Crippen LogP contribution in [0.3, 0.4) is 0 Å². The summed E-state index contributed by atoms with van der Waals surface area (Å²) < 4.78 is 103. The first kappa shape index (κ1) is 19.9. The van der Waals surface area contributed by atoms with Crippen molar-refractivity contribution in [2.45, 2.75) is 30.4 Å². The first-order valence-corrected chi connectivity index (χ1v) is 7.80. The SMILES string of the molecule is Cc1cc(C(F)(F)F)cc(F)c1-n1nc(C#N)c(S(=O)C(F)(F)F)c1C. The molecule has 4 nitrogen and oxygen atoms in total. The van der Waals surface area contributed by atoms with Crippen LogP contribution in [0.1, 0.15) is 22.5 Å². The van der Waals surface area contributed by atoms with Crippen molar-refractivity contribution in [3.8, 4) is 11.8 Å². The van der Waals surface area contributed by atoms with Crippen LogP contribution in [0.25, 0.3) is 5.69 Å². The van der Waals surface area contributed by atoms with Crippen LogP contribution in [0.15, 0.2) is 17.0 Å². The number of aryl methyl sites for hydroxylation is 1. The fourth-order valence-electron chi connectivity index (χ4n) is 2.28. The molecule has 0 spiro atoms. The van der Waals surface area contributed by atoms with Gasteiger partial charge in [0.2, 0.25) is 0 Å². The third-order valence-electron chi connectivity index (χ3n) is 3.36. The molecule has 12 heteroatoms. The average Bonchev–Trinajstić information content (AvgIpc) is 2.80. The second-order valence-electron chi connectivity index (χ2n) is 5.12. The summed E-state index contributed by atoms with van der Waals surface area (Å²) in [5.74, 6) is -1.41. The molecule has 0 aliphatic heterocycles. The lowest BCUT2D eigenvalue weighted by atomic mass is 10.1. The molecule has 0 bridgehead atoms. The maximum Gasteiger partial charge on any atom is 0.476 e. The van der Waals surface area contributed by atoms with E-state index in [1.807, 2.05) is 0 Å². The monoisotopic (exact) mass is 399 g/mol. The highest BCUT2D eigenvalue weighted by molar-refractivity contribution is 7.86. The summed E-state index contributed by atoms with van der Waals surface area (Å²) in [7, 11) is -3.62. The molecule has 0 saturated carbocycles. The van der Waals surface area contributed by atoms with Crippen molar-refractivity contribution in [3.05, 3.63) is 40.5 Å². The van der Waals surface area contributed by atoms with Crippen LogP contribution in [-0.4, -0.2) is 19.5 Å². The number of benzene rings is 1. The lowest BCUT2D eigenvalue weighted by molar-refractivity contribution is -0.137. The minimum absolute atomic E-state index is 0.163. The van der Waals surface area contributed by atoms with E-state index >= 15 is 0 Å². The second kappa shape index (κ2) is 6.39. The van der Waals surface area contributed by atoms with E-state index in [1.165, 1.54) is 6.07 Å². The molecule has 140 valence electrons. The largest absolute Gasteiger partial charge is 0.476 e. The van der Waals surface area contributed by atoms with E-state index in [0.29, 0.717) is 10.7 Å². The van der Waals surface area contributed by atoms with Crippen LogP contribution in [0.5, 0.6) is 0 Å². The van der Waals surface area contributed by atoms with Crippen LogP contribution in [-0.2, 0) is 17.0 Å². The van der Waals surface area contributed by atoms with Gasteiger partial charge in [-0.3, -0.25) is 0 Å². The molecule has 2 aromatic rings. The van der Waals surface area contributed by atoms with Crippen LogP contribution in [0.4, 0.5) is 30.7 Å². The van der Waals surface area contributed by atoms with Gasteiger partial charge in [-0.15, -0.1) is 0 Å². The smallest absolute Gasteiger partial charge is 0.245 e. The normalized spacial score (nSPS) is 13.5. The Bertz CT molecular complexity index is 915. The molecule has 1 unspecified atom stereocenters. The first-order valence-electron chi connectivity index (χ1n) is 6.65. The van der Waals surface area contributed by atoms with Gasteiger partial charge in [-0.25, -0.2) is 13.3 Å². The summed E-state index contributed by atoms with van der Waals surface area (Å²) >= 11 is 0. The molecule has 1 heterocycles. The highest BCUT2D eigenvalue weighted by Gasteiger charge is 2.42. The maximum absolute atomic E-state index is 14.2. The minimum Gasteiger partial charge on any atom is -0.245 e. The number of nitriles is 1. The van der Waals surface area contributed by atoms with E-state index < -0.39 is 55.8 Å². The Morgan fingerprint density at radius 2 is 1.73 bits per heavy atom. The predicted molar refractivity (Wildman–Crippen MR) is 75.2 cm³/mol. The molecule has 1 aromatic carbocycles. The lowest BCUT2D eigenvalue weighted by Gasteiger charge is -2.14. The van der Waals surface area contributed by atoms with Crippen LogP contribution >= 0.6 is 0 Å². The highest BCUT2D eigenvalue weighted by atomic mass is 32.2. The van der Waals surface area contributed by atoms with Crippen molar-refractivity contribution < 1.29 is 34.9 Å². The zero-order chi connectivity index (χ0) is 20.0. The molecule has 1 atom stereocenters. The van der Waals surface area contributed by atoms with Crippen LogP contribution in [0, 0.1) is 31.0 Å². The third-order valence-corrected chi connectivity index (χ3v) is 4.64. The minimum atomic E-state index is -5.20. The predicted octanol–water partition coefficient (Wildman–Crippen LogP) is 4.15. The molecule has 0 aliphatic carbocycles. The van der Waals surface area contributed by atoms with Crippen molar-refractivity contribution >= 4 is 10.8 Å². The number of aromatic nitrogens is 2. The fraction of sp³-hybridized carbons (Fsp3) is 0.286. The number of halogens is 7. The number of nitrogens with zero attached hydrogens (tertiary/aromatic N) is 3. The van der Waals surface area contributed by atoms with Gasteiger partial charge in [-0.1, -0.05) is 0 Å². The van der Waals surface area contributed by atoms with Gasteiger partial charge >= 0.3 is 11.7 Å². The summed E-state index contributed by atoms with van der Waals surface area (Å²) in [6.45, 7) is 2.10. The lowest BCUT2D eigenvalue weighted by Crippen LogP contribution is -2.17. The van der Waals surface area contributed by atoms with E-state index in [2.05, 4.69) is 5.10 Å². The Morgan fingerprint density at radius 3 is 2.15 bits per heavy atom. The molecule has 0 aliphatic rings. The molecule has 0 saturated heterocycles. The van der Waals surface area contributed by atoms with Gasteiger partial charge < -0.3 is 0 Å². The Balaban J connectivity index is 2.75. The highest BCUT2D eigenvalue weighted by Crippen LogP contribution is 2.35. The van der Waals surface area contributed by atoms with Crippen molar-refractivity contribution in [1.29, 1.82) is 5.26 Å². The van der Waals surface area contributed by atoms with Gasteiger partial charge in [-0.05, 0) is 31.5 Å². The third kappa shape index (κ3) is 3.44. The van der Waals surface area contributed by atoms with E-state index in [-0.39, 0.29) is 11.6 Å². The second-order valence-corrected chi connectivity index (χ2v) is 6.53. The van der Waals surface area contributed by atoms with E-state index in [0.717, 1.165) is 13.8 Å². The van der Waals surface area contributed by atoms with E-state index in [1.54, 1.807) is 0 Å². The zero-order valence-corrected chi connectivity index (χ0v) is 13.8. The molecule has 0 N–H and O–H groups in total. The Labute approximate surface area is 144 Å². The number of hydrogen-bond donors (Lipinski definition) is 0. The van der Waals surface area contributed by atoms with Crippen molar-refractivity contribution in [2.75, 3.05) is 0 Å². The van der Waals surface area contributed by atoms with Crippen molar-refractivity contribution in [3.63, 3.8) is 0 Å². The van der Waals surface area contributed by atoms with Crippen LogP contribution < -0.4 is 0 Å². The van der Waals surface area contributed by atoms with Crippen LogP contribution in [0.2, 0.25) is 0 Å². The Kier molecular flexibility index (Phi) is 4.89. The van der Waals surface area contributed by atoms with Gasteiger partial charge in [0, 0.05) is 0 Å². The first-order chi connectivity index (χ1) is 11.8. The Morgan fingerprint density at radius 1 is 1.15 bits per heavy atom. The summed E-state index contributed by atoms with van der Waals surface area (Å²) in [6, 6.07) is 2.08. The average molecular weight is 399 g/mol. The van der Waals surface area contributed by atoms with Gasteiger partial charge in [0.05, 0.1) is 11.3 Å². The topological polar surface area (TPSA) is 58.7 Å². The summed E-state index contributed by atoms with van der Waals surface area (Å²) in [5, 5.41) is 12.4. The maximum atomic E-state index is 14.2. The quantitative estimate of drug-likeness (QED) is 0.713. The van der Waals surface area contributed by atoms with Crippen molar-refractivity contribution in [2.24, 2.45) is 0 Å². The van der Waals surface area contributed by atoms with Crippen molar-refractivity contribution in [1.82, 2.24) is 9.78 Å².